The van der Waals surface area contributed by atoms with Gasteiger partial charge in [-0.1, -0.05) is 159 Å². The van der Waals surface area contributed by atoms with Gasteiger partial charge >= 0.3 is 0 Å². The van der Waals surface area contributed by atoms with Crippen LogP contribution < -0.4 is 0 Å². The van der Waals surface area contributed by atoms with Crippen molar-refractivity contribution in [2.75, 3.05) is 0 Å². The van der Waals surface area contributed by atoms with Crippen molar-refractivity contribution < 1.29 is 0 Å². The van der Waals surface area contributed by atoms with Crippen LogP contribution in [0.15, 0.2) is 82.8 Å². The molecule has 0 N–H and O–H groups in total. The Labute approximate surface area is 284 Å². The summed E-state index contributed by atoms with van der Waals surface area (Å²) in [6, 6.07) is 17.4. The molecule has 0 aliphatic heterocycles. The Bertz CT molecular complexity index is 1160. The summed E-state index contributed by atoms with van der Waals surface area (Å²) in [5.41, 5.74) is 6.56. The summed E-state index contributed by atoms with van der Waals surface area (Å²) in [6.45, 7) is 9.07. The fraction of sp³-hybridized carbons (Fsp3) is 0.545. The molecule has 0 unspecified atom stereocenters. The first kappa shape index (κ1) is 39.2. The van der Waals surface area contributed by atoms with Gasteiger partial charge in [0.05, 0.1) is 22.8 Å². The van der Waals surface area contributed by atoms with Gasteiger partial charge in [0.2, 0.25) is 0 Å². The number of allylic oxidation sites excluding steroid dienone is 4. The summed E-state index contributed by atoms with van der Waals surface area (Å²) in [4.78, 5) is 10.4. The number of aliphatic imine (C=N–C) groups is 2. The van der Waals surface area contributed by atoms with Crippen LogP contribution in [-0.2, 0) is 0 Å². The van der Waals surface area contributed by atoms with Gasteiger partial charge in [0.1, 0.15) is 0 Å². The number of unbranched alkanes of at least 4 members (excludes halogenated alkanes) is 15. The van der Waals surface area contributed by atoms with Gasteiger partial charge in [-0.15, -0.1) is 0 Å². The standard InChI is InChI=1S/C44H66N2/c1-5-9-13-16-18-21-24-27-39-31-35-41(36-32-39)45-43(29-23-12-8-4)44(30-26-20-15-11-7-3)46-42-37-33-40(34-38-42)28-25-22-19-17-14-10-6-2/h24-28,30-38H,5-23,29H2,1-4H3. The molecule has 2 heteroatoms. The second-order valence-corrected chi connectivity index (χ2v) is 12.8. The molecule has 0 bridgehead atoms. The highest BCUT2D eigenvalue weighted by atomic mass is 14.8. The molecular weight excluding hydrogens is 556 g/mol. The molecule has 252 valence electrons. The van der Waals surface area contributed by atoms with Crippen LogP contribution in [0.3, 0.4) is 0 Å². The van der Waals surface area contributed by atoms with Crippen molar-refractivity contribution in [2.24, 2.45) is 9.98 Å². The molecule has 0 aliphatic carbocycles. The molecule has 0 heterocycles. The number of hydrogen-bond acceptors (Lipinski definition) is 2. The second kappa shape index (κ2) is 27.1. The van der Waals surface area contributed by atoms with E-state index in [1.54, 1.807) is 0 Å². The number of nitrogens with zero attached hydrogens (tertiary/aromatic N) is 2. The predicted octanol–water partition coefficient (Wildman–Crippen LogP) is 15.0. The molecule has 0 amide bonds. The Hall–Kier alpha value is -3.00. The summed E-state index contributed by atoms with van der Waals surface area (Å²) >= 11 is 0. The van der Waals surface area contributed by atoms with Crippen LogP contribution in [0.1, 0.15) is 167 Å². The fourth-order valence-electron chi connectivity index (χ4n) is 5.47. The van der Waals surface area contributed by atoms with Crippen LogP contribution in [0.25, 0.3) is 12.2 Å². The monoisotopic (exact) mass is 623 g/mol. The van der Waals surface area contributed by atoms with Gasteiger partial charge in [-0.05, 0) is 92.8 Å². The Kier molecular flexibility index (Phi) is 23.1. The van der Waals surface area contributed by atoms with Gasteiger partial charge in [-0.2, -0.15) is 0 Å². The van der Waals surface area contributed by atoms with Crippen LogP contribution in [0.5, 0.6) is 0 Å². The van der Waals surface area contributed by atoms with Crippen LogP contribution >= 0.6 is 0 Å². The van der Waals surface area contributed by atoms with E-state index in [0.717, 1.165) is 54.9 Å². The molecule has 0 aromatic heterocycles. The molecule has 2 aromatic carbocycles. The maximum Gasteiger partial charge on any atom is 0.0848 e. The van der Waals surface area contributed by atoms with E-state index in [9.17, 15) is 0 Å². The lowest BCUT2D eigenvalue weighted by Gasteiger charge is -2.09. The lowest BCUT2D eigenvalue weighted by atomic mass is 10.0. The first-order valence-electron chi connectivity index (χ1n) is 19.1. The van der Waals surface area contributed by atoms with Crippen LogP contribution in [0.2, 0.25) is 0 Å². The number of hydrogen-bond donors (Lipinski definition) is 0. The van der Waals surface area contributed by atoms with Gasteiger partial charge in [0, 0.05) is 0 Å². The lowest BCUT2D eigenvalue weighted by molar-refractivity contribution is 0.638. The molecule has 0 atom stereocenters. The topological polar surface area (TPSA) is 24.7 Å². The van der Waals surface area contributed by atoms with E-state index in [1.807, 2.05) is 0 Å². The maximum atomic E-state index is 5.21. The molecular formula is C44H66N2. The van der Waals surface area contributed by atoms with E-state index in [4.69, 9.17) is 9.98 Å². The normalized spacial score (nSPS) is 12.8. The lowest BCUT2D eigenvalue weighted by Crippen LogP contribution is -2.12. The zero-order valence-electron chi connectivity index (χ0n) is 30.1. The van der Waals surface area contributed by atoms with Gasteiger partial charge in [-0.25, -0.2) is 4.99 Å². The van der Waals surface area contributed by atoms with E-state index < -0.39 is 0 Å². The molecule has 2 rings (SSSR count). The van der Waals surface area contributed by atoms with Crippen molar-refractivity contribution in [3.05, 3.63) is 84.0 Å². The Morgan fingerprint density at radius 3 is 1.39 bits per heavy atom. The van der Waals surface area contributed by atoms with Gasteiger partial charge in [0.15, 0.2) is 0 Å². The van der Waals surface area contributed by atoms with Gasteiger partial charge in [-0.3, -0.25) is 4.99 Å². The minimum atomic E-state index is 0.935. The number of rotatable bonds is 26. The van der Waals surface area contributed by atoms with Crippen LogP contribution in [-0.4, -0.2) is 11.4 Å². The quantitative estimate of drug-likeness (QED) is 0.0736. The molecule has 0 spiro atoms. The molecule has 0 aliphatic rings. The van der Waals surface area contributed by atoms with E-state index in [1.165, 1.54) is 107 Å². The van der Waals surface area contributed by atoms with E-state index in [-0.39, 0.29) is 0 Å². The zero-order chi connectivity index (χ0) is 32.9. The zero-order valence-corrected chi connectivity index (χ0v) is 30.1. The summed E-state index contributed by atoms with van der Waals surface area (Å²) in [5, 5.41) is 0. The van der Waals surface area contributed by atoms with Crippen molar-refractivity contribution in [2.45, 2.75) is 156 Å². The molecule has 0 saturated heterocycles. The first-order valence-corrected chi connectivity index (χ1v) is 19.1. The summed E-state index contributed by atoms with van der Waals surface area (Å²) in [5.74, 6) is 0. The van der Waals surface area contributed by atoms with Gasteiger partial charge in [0.25, 0.3) is 0 Å². The maximum absolute atomic E-state index is 5.21. The molecule has 0 fully saturated rings. The number of benzene rings is 2. The minimum Gasteiger partial charge on any atom is -0.251 e. The minimum absolute atomic E-state index is 0.935. The predicted molar refractivity (Wildman–Crippen MR) is 209 cm³/mol. The summed E-state index contributed by atoms with van der Waals surface area (Å²) in [6.07, 6.45) is 38.5. The van der Waals surface area contributed by atoms with E-state index in [0.29, 0.717) is 0 Å². The Morgan fingerprint density at radius 1 is 0.457 bits per heavy atom. The van der Waals surface area contributed by atoms with Crippen LogP contribution in [0.4, 0.5) is 11.4 Å². The smallest absolute Gasteiger partial charge is 0.0848 e. The van der Waals surface area contributed by atoms with Crippen LogP contribution in [0, 0.1) is 0 Å². The van der Waals surface area contributed by atoms with Crippen molar-refractivity contribution in [1.29, 1.82) is 0 Å². The van der Waals surface area contributed by atoms with Crippen molar-refractivity contribution in [3.8, 4) is 0 Å². The third-order valence-corrected chi connectivity index (χ3v) is 8.43. The highest BCUT2D eigenvalue weighted by Gasteiger charge is 2.08. The molecule has 2 aromatic rings. The Morgan fingerprint density at radius 2 is 0.870 bits per heavy atom. The first-order chi connectivity index (χ1) is 22.7. The highest BCUT2D eigenvalue weighted by Crippen LogP contribution is 2.21. The summed E-state index contributed by atoms with van der Waals surface area (Å²) in [7, 11) is 0. The second-order valence-electron chi connectivity index (χ2n) is 12.8. The van der Waals surface area contributed by atoms with Gasteiger partial charge < -0.3 is 0 Å². The average Bonchev–Trinajstić information content (AvgIpc) is 3.08. The van der Waals surface area contributed by atoms with E-state index in [2.05, 4.69) is 113 Å². The molecule has 2 nitrogen and oxygen atoms in total. The van der Waals surface area contributed by atoms with E-state index >= 15 is 0 Å². The Balaban J connectivity index is 2.21. The average molecular weight is 623 g/mol. The fourth-order valence-corrected chi connectivity index (χ4v) is 5.47. The SMILES string of the molecule is CCCCCC=CC(=Nc1ccc(C=CCCCCCCC)cc1)C(CCCCC)=Nc1ccc(C=CCCCCCCC)cc1. The molecule has 46 heavy (non-hydrogen) atoms. The third-order valence-electron chi connectivity index (χ3n) is 8.43. The van der Waals surface area contributed by atoms with Crippen molar-refractivity contribution >= 4 is 35.0 Å². The van der Waals surface area contributed by atoms with Crippen molar-refractivity contribution in [3.63, 3.8) is 0 Å². The summed E-state index contributed by atoms with van der Waals surface area (Å²) < 4.78 is 0. The third kappa shape index (κ3) is 18.8. The van der Waals surface area contributed by atoms with Crippen molar-refractivity contribution in [1.82, 2.24) is 0 Å². The molecule has 0 radical (unpaired) electrons. The largest absolute Gasteiger partial charge is 0.251 e. The molecule has 0 saturated carbocycles. The highest BCUT2D eigenvalue weighted by molar-refractivity contribution is 6.47.